The van der Waals surface area contributed by atoms with Crippen LogP contribution in [0.25, 0.3) is 0 Å². The van der Waals surface area contributed by atoms with Crippen molar-refractivity contribution in [1.29, 1.82) is 0 Å². The first-order chi connectivity index (χ1) is 3.15. The molecule has 0 heterocycles. The first kappa shape index (κ1) is 10.8. The van der Waals surface area contributed by atoms with Gasteiger partial charge in [-0.15, -0.1) is 0 Å². The topological polar surface area (TPSA) is 46.2 Å². The van der Waals surface area contributed by atoms with Crippen LogP contribution >= 0.6 is 9.42 Å². The van der Waals surface area contributed by atoms with Crippen molar-refractivity contribution in [3.8, 4) is 0 Å². The first-order valence-electron chi connectivity index (χ1n) is 1.75. The Bertz CT molecular complexity index is 26.1. The average molecular weight is 307 g/mol. The number of nitrogens with two attached hydrogens (primary N) is 1. The molecular weight excluding hydrogens is 297 g/mol. The van der Waals surface area contributed by atoms with Gasteiger partial charge in [-0.1, -0.05) is 13.8 Å². The van der Waals surface area contributed by atoms with Gasteiger partial charge < -0.3 is 5.73 Å². The van der Waals surface area contributed by atoms with Crippen molar-refractivity contribution in [3.63, 3.8) is 0 Å². The fourth-order valence-electron chi connectivity index (χ4n) is 0. The van der Waals surface area contributed by atoms with Gasteiger partial charge in [-0.2, -0.15) is 0 Å². The van der Waals surface area contributed by atoms with Crippen LogP contribution in [0.2, 0.25) is 0 Å². The van der Waals surface area contributed by atoms with Gasteiger partial charge in [0.25, 0.3) is 0 Å². The van der Waals surface area contributed by atoms with Crippen LogP contribution in [-0.2, 0) is 17.9 Å². The zero-order valence-corrected chi connectivity index (χ0v) is 7.32. The van der Waals surface area contributed by atoms with Crippen molar-refractivity contribution >= 4 is 9.42 Å². The number of halogens is 1. The van der Waals surface area contributed by atoms with Crippen LogP contribution in [-0.4, -0.2) is 9.80 Å². The predicted molar refractivity (Wildman–Crippen MR) is 27.4 cm³/mol. The van der Waals surface area contributed by atoms with Crippen LogP contribution in [0.3, 0.4) is 0 Å². The van der Waals surface area contributed by atoms with Crippen LogP contribution in [0.15, 0.2) is 0 Å². The van der Waals surface area contributed by atoms with Gasteiger partial charge >= 0.3 is 31.1 Å². The average Bonchev–Trinajstić information content (AvgIpc) is 1.33. The molecule has 0 fully saturated rings. The molecule has 0 aromatic rings. The maximum atomic E-state index is 7.45. The molecular formula is C3H10ClNOPt. The summed E-state index contributed by atoms with van der Waals surface area (Å²) in [6, 6.07) is 0.333. The molecule has 0 unspecified atom stereocenters. The third-order valence-electron chi connectivity index (χ3n) is 0. The molecule has 0 saturated carbocycles. The Kier molecular flexibility index (Phi) is 15.4. The molecule has 0 atom stereocenters. The van der Waals surface area contributed by atoms with Crippen molar-refractivity contribution in [2.24, 2.45) is 5.73 Å². The Morgan fingerprint density at radius 1 is 1.71 bits per heavy atom. The van der Waals surface area contributed by atoms with E-state index < -0.39 is 17.9 Å². The van der Waals surface area contributed by atoms with E-state index in [4.69, 9.17) is 9.49 Å². The molecule has 0 spiro atoms. The molecule has 0 rings (SSSR count). The van der Waals surface area contributed by atoms with E-state index in [0.29, 0.717) is 6.04 Å². The second kappa shape index (κ2) is 10.0. The third-order valence-corrected chi connectivity index (χ3v) is 0. The van der Waals surface area contributed by atoms with Gasteiger partial charge in [0.15, 0.2) is 0 Å². The monoisotopic (exact) mass is 306 g/mol. The van der Waals surface area contributed by atoms with Crippen LogP contribution in [0.4, 0.5) is 0 Å². The molecule has 0 aliphatic heterocycles. The fraction of sp³-hybridized carbons (Fsp3) is 1.00. The number of hydrogen-bond donors (Lipinski definition) is 2. The minimum atomic E-state index is -0.944. The minimum absolute atomic E-state index is 0.333. The summed E-state index contributed by atoms with van der Waals surface area (Å²) in [5, 5.41) is 0. The summed E-state index contributed by atoms with van der Waals surface area (Å²) < 4.78 is 7.45. The van der Waals surface area contributed by atoms with Gasteiger partial charge in [0, 0.05) is 0 Å². The standard InChI is InChI=1S/C3H9N.ClH.H2O.Pt/c1-3(2)4;;;/h3H,4H2,1-2H3;1H;1H2;/q;;;+2/p-2. The summed E-state index contributed by atoms with van der Waals surface area (Å²) in [6.45, 7) is 3.89. The van der Waals surface area contributed by atoms with Gasteiger partial charge in [0.05, 0.1) is 0 Å². The first-order valence-corrected chi connectivity index (χ1v) is 5.58. The molecule has 4 heteroatoms. The fourth-order valence-corrected chi connectivity index (χ4v) is 0. The van der Waals surface area contributed by atoms with E-state index >= 15 is 0 Å². The Morgan fingerprint density at radius 2 is 1.71 bits per heavy atom. The molecule has 0 aliphatic rings. The Labute approximate surface area is 57.0 Å². The molecule has 0 radical (unpaired) electrons. The van der Waals surface area contributed by atoms with Gasteiger partial charge in [0.1, 0.15) is 0 Å². The molecule has 0 aromatic carbocycles. The van der Waals surface area contributed by atoms with Gasteiger partial charge in [-0.25, -0.2) is 0 Å². The van der Waals surface area contributed by atoms with E-state index in [0.717, 1.165) is 0 Å². The Hall–Kier alpha value is 0.898. The van der Waals surface area contributed by atoms with Crippen LogP contribution < -0.4 is 5.73 Å². The zero-order valence-electron chi connectivity index (χ0n) is 4.30. The van der Waals surface area contributed by atoms with Crippen molar-refractivity contribution in [1.82, 2.24) is 0 Å². The van der Waals surface area contributed by atoms with Gasteiger partial charge in [-0.05, 0) is 6.04 Å². The maximum absolute atomic E-state index is 7.45. The Morgan fingerprint density at radius 3 is 1.71 bits per heavy atom. The normalized spacial score (nSPS) is 8.29. The Balaban J connectivity index is 0. The van der Waals surface area contributed by atoms with Crippen molar-refractivity contribution < 1.29 is 21.7 Å². The molecule has 3 N–H and O–H groups in total. The van der Waals surface area contributed by atoms with E-state index in [2.05, 4.69) is 9.42 Å². The second-order valence-electron chi connectivity index (χ2n) is 1.30. The van der Waals surface area contributed by atoms with E-state index in [1.54, 1.807) is 0 Å². The molecule has 7 heavy (non-hydrogen) atoms. The summed E-state index contributed by atoms with van der Waals surface area (Å²) in [5.41, 5.74) is 5.11. The van der Waals surface area contributed by atoms with E-state index in [-0.39, 0.29) is 0 Å². The molecule has 0 aromatic heterocycles. The summed E-state index contributed by atoms with van der Waals surface area (Å²) in [5.74, 6) is 0. The molecule has 50 valence electrons. The quantitative estimate of drug-likeness (QED) is 0.684. The number of rotatable bonds is 0. The SMILES string of the molecule is CC(C)N.[OH][Pt][Cl]. The second-order valence-corrected chi connectivity index (χ2v) is 2.56. The van der Waals surface area contributed by atoms with Crippen LogP contribution in [0, 0.1) is 0 Å². The molecule has 0 saturated heterocycles. The molecule has 2 nitrogen and oxygen atoms in total. The van der Waals surface area contributed by atoms with Crippen molar-refractivity contribution in [2.75, 3.05) is 0 Å². The number of hydrogen-bond acceptors (Lipinski definition) is 2. The zero-order chi connectivity index (χ0) is 6.28. The van der Waals surface area contributed by atoms with Crippen molar-refractivity contribution in [3.05, 3.63) is 0 Å². The van der Waals surface area contributed by atoms with E-state index in [1.165, 1.54) is 0 Å². The summed E-state index contributed by atoms with van der Waals surface area (Å²) in [7, 11) is 4.67. The molecule has 0 amide bonds. The predicted octanol–water partition coefficient (Wildman–Crippen LogP) is 0.483. The van der Waals surface area contributed by atoms with E-state index in [9.17, 15) is 0 Å². The van der Waals surface area contributed by atoms with Crippen LogP contribution in [0.1, 0.15) is 13.8 Å². The van der Waals surface area contributed by atoms with Crippen molar-refractivity contribution in [2.45, 2.75) is 19.9 Å². The summed E-state index contributed by atoms with van der Waals surface area (Å²) in [4.78, 5) is 0. The van der Waals surface area contributed by atoms with Gasteiger partial charge in [-0.3, -0.25) is 0 Å². The summed E-state index contributed by atoms with van der Waals surface area (Å²) in [6.07, 6.45) is 0. The summed E-state index contributed by atoms with van der Waals surface area (Å²) >= 11 is -0.944. The van der Waals surface area contributed by atoms with Gasteiger partial charge in [0.2, 0.25) is 0 Å². The van der Waals surface area contributed by atoms with E-state index in [1.807, 2.05) is 13.8 Å². The molecule has 0 aliphatic carbocycles. The molecule has 0 bridgehead atoms. The third kappa shape index (κ3) is 205. The van der Waals surface area contributed by atoms with Crippen LogP contribution in [0.5, 0.6) is 0 Å².